The Morgan fingerprint density at radius 1 is 1.69 bits per heavy atom. The first-order chi connectivity index (χ1) is 6.13. The van der Waals surface area contributed by atoms with E-state index in [9.17, 15) is 0 Å². The third kappa shape index (κ3) is 3.19. The maximum atomic E-state index is 5.81. The lowest BCUT2D eigenvalue weighted by molar-refractivity contribution is 0.901. The predicted octanol–water partition coefficient (Wildman–Crippen LogP) is 3.32. The first kappa shape index (κ1) is 10.9. The van der Waals surface area contributed by atoms with E-state index < -0.39 is 0 Å². The molecule has 0 aromatic carbocycles. The summed E-state index contributed by atoms with van der Waals surface area (Å²) in [6.45, 7) is 4.33. The van der Waals surface area contributed by atoms with Gasteiger partial charge in [0.05, 0.1) is 5.69 Å². The Morgan fingerprint density at radius 2 is 2.38 bits per heavy atom. The fourth-order valence-electron chi connectivity index (χ4n) is 0.815. The normalized spacial score (nSPS) is 12.8. The monoisotopic (exact) mass is 260 g/mol. The fraction of sp³-hybridized carbons (Fsp3) is 0.444. The molecule has 0 saturated heterocycles. The van der Waals surface area contributed by atoms with E-state index in [-0.39, 0.29) is 0 Å². The van der Waals surface area contributed by atoms with Crippen LogP contribution in [0.4, 0.5) is 5.69 Å². The molecule has 0 aliphatic rings. The molecule has 0 radical (unpaired) electrons. The van der Waals surface area contributed by atoms with E-state index in [0.717, 1.165) is 21.6 Å². The third-order valence-electron chi connectivity index (χ3n) is 1.73. The van der Waals surface area contributed by atoms with Gasteiger partial charge in [0.15, 0.2) is 0 Å². The topological polar surface area (TPSA) is 38.9 Å². The van der Waals surface area contributed by atoms with Crippen LogP contribution >= 0.6 is 27.7 Å². The van der Waals surface area contributed by atoms with Crippen LogP contribution in [0.25, 0.3) is 0 Å². The summed E-state index contributed by atoms with van der Waals surface area (Å²) < 4.78 is 0.929. The summed E-state index contributed by atoms with van der Waals surface area (Å²) in [7, 11) is 0. The van der Waals surface area contributed by atoms with Crippen LogP contribution in [-0.4, -0.2) is 10.2 Å². The molecule has 72 valence electrons. The number of hydrogen-bond acceptors (Lipinski definition) is 3. The smallest absolute Gasteiger partial charge is 0.119 e. The fourth-order valence-corrected chi connectivity index (χ4v) is 2.02. The second-order valence-electron chi connectivity index (χ2n) is 2.88. The number of nitrogens with two attached hydrogens (primary N) is 1. The lowest BCUT2D eigenvalue weighted by Crippen LogP contribution is -1.97. The molecule has 0 aliphatic heterocycles. The molecule has 2 nitrogen and oxygen atoms in total. The van der Waals surface area contributed by atoms with Crippen molar-refractivity contribution in [1.82, 2.24) is 4.98 Å². The van der Waals surface area contributed by atoms with E-state index in [4.69, 9.17) is 5.73 Å². The van der Waals surface area contributed by atoms with Gasteiger partial charge in [-0.15, -0.1) is 11.8 Å². The van der Waals surface area contributed by atoms with E-state index in [1.54, 1.807) is 18.0 Å². The molecule has 1 aromatic heterocycles. The molecule has 1 heterocycles. The number of pyridine rings is 1. The SMILES string of the molecule is CCC(C)Sc1ncc(Br)cc1N. The van der Waals surface area contributed by atoms with Gasteiger partial charge in [-0.05, 0) is 28.4 Å². The van der Waals surface area contributed by atoms with Gasteiger partial charge in [-0.1, -0.05) is 13.8 Å². The number of hydrogen-bond donors (Lipinski definition) is 1. The molecule has 1 atom stereocenters. The van der Waals surface area contributed by atoms with Crippen molar-refractivity contribution in [3.8, 4) is 0 Å². The number of thioether (sulfide) groups is 1. The van der Waals surface area contributed by atoms with Crippen molar-refractivity contribution in [1.29, 1.82) is 0 Å². The highest BCUT2D eigenvalue weighted by atomic mass is 79.9. The zero-order valence-corrected chi connectivity index (χ0v) is 10.2. The Kier molecular flexibility index (Phi) is 4.06. The average Bonchev–Trinajstić information content (AvgIpc) is 2.09. The van der Waals surface area contributed by atoms with Gasteiger partial charge in [-0.3, -0.25) is 0 Å². The molecule has 2 N–H and O–H groups in total. The molecule has 0 saturated carbocycles. The lowest BCUT2D eigenvalue weighted by Gasteiger charge is -2.09. The lowest BCUT2D eigenvalue weighted by atomic mass is 10.4. The standard InChI is InChI=1S/C9H13BrN2S/c1-3-6(2)13-9-8(11)4-7(10)5-12-9/h4-6H,3,11H2,1-2H3. The zero-order valence-electron chi connectivity index (χ0n) is 7.75. The van der Waals surface area contributed by atoms with Crippen molar-refractivity contribution in [2.45, 2.75) is 30.5 Å². The molecule has 4 heteroatoms. The summed E-state index contributed by atoms with van der Waals surface area (Å²) in [5.74, 6) is 0. The molecule has 0 fully saturated rings. The highest BCUT2D eigenvalue weighted by Gasteiger charge is 2.06. The van der Waals surface area contributed by atoms with Crippen LogP contribution < -0.4 is 5.73 Å². The van der Waals surface area contributed by atoms with Gasteiger partial charge >= 0.3 is 0 Å². The second-order valence-corrected chi connectivity index (χ2v) is 5.23. The van der Waals surface area contributed by atoms with Gasteiger partial charge in [0.25, 0.3) is 0 Å². The largest absolute Gasteiger partial charge is 0.397 e. The highest BCUT2D eigenvalue weighted by molar-refractivity contribution is 9.10. The molecule has 0 aliphatic carbocycles. The van der Waals surface area contributed by atoms with Crippen LogP contribution in [0.5, 0.6) is 0 Å². The van der Waals surface area contributed by atoms with Gasteiger partial charge in [-0.2, -0.15) is 0 Å². The Labute approximate surface area is 91.4 Å². The molecule has 0 spiro atoms. The highest BCUT2D eigenvalue weighted by Crippen LogP contribution is 2.29. The molecule has 13 heavy (non-hydrogen) atoms. The van der Waals surface area contributed by atoms with E-state index in [2.05, 4.69) is 34.8 Å². The van der Waals surface area contributed by atoms with Gasteiger partial charge in [0, 0.05) is 15.9 Å². The van der Waals surface area contributed by atoms with Crippen LogP contribution in [-0.2, 0) is 0 Å². The second kappa shape index (κ2) is 4.86. The maximum absolute atomic E-state index is 5.81. The Morgan fingerprint density at radius 3 is 2.92 bits per heavy atom. The molecule has 1 aromatic rings. The minimum absolute atomic E-state index is 0.566. The summed E-state index contributed by atoms with van der Waals surface area (Å²) in [6.07, 6.45) is 2.91. The van der Waals surface area contributed by atoms with Crippen LogP contribution in [0.3, 0.4) is 0 Å². The number of aromatic nitrogens is 1. The summed E-state index contributed by atoms with van der Waals surface area (Å²) in [5.41, 5.74) is 6.56. The van der Waals surface area contributed by atoms with E-state index >= 15 is 0 Å². The van der Waals surface area contributed by atoms with Crippen LogP contribution in [0.15, 0.2) is 21.8 Å². The zero-order chi connectivity index (χ0) is 9.84. The van der Waals surface area contributed by atoms with Crippen molar-refractivity contribution in [2.75, 3.05) is 5.73 Å². The summed E-state index contributed by atoms with van der Waals surface area (Å²) in [6, 6.07) is 1.89. The summed E-state index contributed by atoms with van der Waals surface area (Å²) >= 11 is 5.05. The minimum atomic E-state index is 0.566. The molecule has 1 unspecified atom stereocenters. The number of nitrogen functional groups attached to an aromatic ring is 1. The summed E-state index contributed by atoms with van der Waals surface area (Å²) in [5, 5.41) is 1.49. The van der Waals surface area contributed by atoms with Crippen molar-refractivity contribution in [3.63, 3.8) is 0 Å². The van der Waals surface area contributed by atoms with Crippen LogP contribution in [0, 0.1) is 0 Å². The van der Waals surface area contributed by atoms with E-state index in [0.29, 0.717) is 5.25 Å². The average molecular weight is 261 g/mol. The Hall–Kier alpha value is -0.220. The van der Waals surface area contributed by atoms with Gasteiger partial charge in [-0.25, -0.2) is 4.98 Å². The third-order valence-corrected chi connectivity index (χ3v) is 3.47. The van der Waals surface area contributed by atoms with Crippen molar-refractivity contribution < 1.29 is 0 Å². The Balaban J connectivity index is 2.77. The molecule has 0 bridgehead atoms. The molecular weight excluding hydrogens is 248 g/mol. The van der Waals surface area contributed by atoms with Gasteiger partial charge in [0.2, 0.25) is 0 Å². The maximum Gasteiger partial charge on any atom is 0.119 e. The minimum Gasteiger partial charge on any atom is -0.397 e. The number of nitrogens with zero attached hydrogens (tertiary/aromatic N) is 1. The van der Waals surface area contributed by atoms with Gasteiger partial charge < -0.3 is 5.73 Å². The number of rotatable bonds is 3. The first-order valence-corrected chi connectivity index (χ1v) is 5.88. The van der Waals surface area contributed by atoms with Crippen molar-refractivity contribution >= 4 is 33.4 Å². The van der Waals surface area contributed by atoms with Gasteiger partial charge in [0.1, 0.15) is 5.03 Å². The van der Waals surface area contributed by atoms with Crippen LogP contribution in [0.1, 0.15) is 20.3 Å². The molecular formula is C9H13BrN2S. The first-order valence-electron chi connectivity index (χ1n) is 4.21. The number of anilines is 1. The number of halogens is 1. The van der Waals surface area contributed by atoms with E-state index in [1.165, 1.54) is 0 Å². The van der Waals surface area contributed by atoms with Crippen molar-refractivity contribution in [2.24, 2.45) is 0 Å². The van der Waals surface area contributed by atoms with E-state index in [1.807, 2.05) is 6.07 Å². The predicted molar refractivity (Wildman–Crippen MR) is 62.0 cm³/mol. The summed E-state index contributed by atoms with van der Waals surface area (Å²) in [4.78, 5) is 4.26. The quantitative estimate of drug-likeness (QED) is 0.848. The Bertz CT molecular complexity index is 291. The van der Waals surface area contributed by atoms with Crippen LogP contribution in [0.2, 0.25) is 0 Å². The molecule has 0 amide bonds. The van der Waals surface area contributed by atoms with Crippen molar-refractivity contribution in [3.05, 3.63) is 16.7 Å². The molecule has 1 rings (SSSR count).